The molecule has 0 aromatic heterocycles. The van der Waals surface area contributed by atoms with E-state index in [9.17, 15) is 4.39 Å². The summed E-state index contributed by atoms with van der Waals surface area (Å²) >= 11 is 0. The van der Waals surface area contributed by atoms with Crippen LogP contribution in [0.4, 0.5) is 4.39 Å². The number of hydrogen-bond donors (Lipinski definition) is 1. The van der Waals surface area contributed by atoms with Crippen molar-refractivity contribution in [2.24, 2.45) is 0 Å². The van der Waals surface area contributed by atoms with Crippen molar-refractivity contribution in [2.45, 2.75) is 26.3 Å². The van der Waals surface area contributed by atoms with Crippen LogP contribution < -0.4 is 10.1 Å². The first-order valence-electron chi connectivity index (χ1n) is 7.27. The van der Waals surface area contributed by atoms with Gasteiger partial charge in [0, 0.05) is 11.6 Å². The minimum absolute atomic E-state index is 0.0398. The molecule has 0 amide bonds. The molecule has 1 atom stereocenters. The van der Waals surface area contributed by atoms with Gasteiger partial charge < -0.3 is 10.1 Å². The summed E-state index contributed by atoms with van der Waals surface area (Å²) in [6.07, 6.45) is 0.728. The van der Waals surface area contributed by atoms with E-state index in [1.807, 2.05) is 43.3 Å². The maximum absolute atomic E-state index is 14.4. The number of hydrogen-bond acceptors (Lipinski definition) is 2. The predicted molar refractivity (Wildman–Crippen MR) is 84.3 cm³/mol. The van der Waals surface area contributed by atoms with Gasteiger partial charge in [-0.2, -0.15) is 0 Å². The van der Waals surface area contributed by atoms with Crippen LogP contribution in [-0.4, -0.2) is 13.7 Å². The summed E-state index contributed by atoms with van der Waals surface area (Å²) in [5, 5.41) is 3.37. The van der Waals surface area contributed by atoms with Gasteiger partial charge in [-0.15, -0.1) is 0 Å². The smallest absolute Gasteiger partial charge is 0.130 e. The lowest BCUT2D eigenvalue weighted by Crippen LogP contribution is -2.24. The van der Waals surface area contributed by atoms with Crippen molar-refractivity contribution in [3.8, 4) is 5.75 Å². The standard InChI is InChI=1S/C18H22FNO/c1-4-20-17(16-10-5-7-13(2)18(16)19)12-14-8-6-9-15(11-14)21-3/h5-11,17,20H,4,12H2,1-3H3. The van der Waals surface area contributed by atoms with Gasteiger partial charge in [0.05, 0.1) is 7.11 Å². The number of ether oxygens (including phenoxy) is 1. The summed E-state index contributed by atoms with van der Waals surface area (Å²) < 4.78 is 19.6. The lowest BCUT2D eigenvalue weighted by atomic mass is 9.96. The van der Waals surface area contributed by atoms with Crippen molar-refractivity contribution in [3.63, 3.8) is 0 Å². The molecular formula is C18H22FNO. The van der Waals surface area contributed by atoms with Crippen LogP contribution in [0.15, 0.2) is 42.5 Å². The quantitative estimate of drug-likeness (QED) is 0.866. The SMILES string of the molecule is CCNC(Cc1cccc(OC)c1)c1cccc(C)c1F. The van der Waals surface area contributed by atoms with E-state index in [2.05, 4.69) is 5.32 Å². The third-order valence-electron chi connectivity index (χ3n) is 3.62. The Bertz CT molecular complexity index is 598. The number of nitrogens with one attached hydrogen (secondary N) is 1. The highest BCUT2D eigenvalue weighted by Gasteiger charge is 2.16. The molecule has 0 spiro atoms. The molecule has 0 saturated heterocycles. The molecule has 2 aromatic carbocycles. The Morgan fingerprint density at radius 3 is 2.67 bits per heavy atom. The lowest BCUT2D eigenvalue weighted by molar-refractivity contribution is 0.413. The van der Waals surface area contributed by atoms with E-state index in [0.29, 0.717) is 5.56 Å². The molecule has 2 nitrogen and oxygen atoms in total. The van der Waals surface area contributed by atoms with Gasteiger partial charge in [0.15, 0.2) is 0 Å². The van der Waals surface area contributed by atoms with Crippen LogP contribution in [0.1, 0.15) is 29.7 Å². The van der Waals surface area contributed by atoms with E-state index in [4.69, 9.17) is 4.74 Å². The average Bonchev–Trinajstić information content (AvgIpc) is 2.50. The van der Waals surface area contributed by atoms with E-state index in [0.717, 1.165) is 29.8 Å². The summed E-state index contributed by atoms with van der Waals surface area (Å²) in [6, 6.07) is 13.4. The molecule has 1 unspecified atom stereocenters. The van der Waals surface area contributed by atoms with Crippen molar-refractivity contribution in [2.75, 3.05) is 13.7 Å². The van der Waals surface area contributed by atoms with Gasteiger partial charge in [-0.3, -0.25) is 0 Å². The zero-order valence-electron chi connectivity index (χ0n) is 12.8. The van der Waals surface area contributed by atoms with Crippen LogP contribution >= 0.6 is 0 Å². The van der Waals surface area contributed by atoms with Gasteiger partial charge in [0.2, 0.25) is 0 Å². The molecule has 112 valence electrons. The highest BCUT2D eigenvalue weighted by atomic mass is 19.1. The summed E-state index contributed by atoms with van der Waals surface area (Å²) in [5.74, 6) is 0.707. The van der Waals surface area contributed by atoms with E-state index in [1.165, 1.54) is 0 Å². The molecule has 2 aromatic rings. The summed E-state index contributed by atoms with van der Waals surface area (Å²) in [5.41, 5.74) is 2.53. The minimum Gasteiger partial charge on any atom is -0.497 e. The van der Waals surface area contributed by atoms with Gasteiger partial charge in [-0.05, 0) is 43.1 Å². The number of halogens is 1. The van der Waals surface area contributed by atoms with E-state index in [-0.39, 0.29) is 11.9 Å². The third kappa shape index (κ3) is 3.82. The Balaban J connectivity index is 2.28. The highest BCUT2D eigenvalue weighted by molar-refractivity contribution is 5.32. The molecule has 0 aliphatic rings. The van der Waals surface area contributed by atoms with Gasteiger partial charge in [-0.25, -0.2) is 4.39 Å². The fourth-order valence-corrected chi connectivity index (χ4v) is 2.51. The van der Waals surface area contributed by atoms with Crippen LogP contribution in [0.2, 0.25) is 0 Å². The molecule has 0 aliphatic heterocycles. The zero-order chi connectivity index (χ0) is 15.2. The summed E-state index contributed by atoms with van der Waals surface area (Å²) in [4.78, 5) is 0. The Morgan fingerprint density at radius 1 is 1.19 bits per heavy atom. The fraction of sp³-hybridized carbons (Fsp3) is 0.333. The zero-order valence-corrected chi connectivity index (χ0v) is 12.8. The molecule has 0 bridgehead atoms. The Kier molecular flexibility index (Phi) is 5.34. The van der Waals surface area contributed by atoms with Gasteiger partial charge in [0.1, 0.15) is 11.6 Å². The molecular weight excluding hydrogens is 265 g/mol. The molecule has 1 N–H and O–H groups in total. The molecule has 21 heavy (non-hydrogen) atoms. The molecule has 0 saturated carbocycles. The Labute approximate surface area is 126 Å². The van der Waals surface area contributed by atoms with Crippen LogP contribution in [-0.2, 0) is 6.42 Å². The monoisotopic (exact) mass is 287 g/mol. The first-order valence-corrected chi connectivity index (χ1v) is 7.27. The Hall–Kier alpha value is -1.87. The molecule has 0 aliphatic carbocycles. The van der Waals surface area contributed by atoms with Crippen molar-refractivity contribution in [3.05, 3.63) is 65.0 Å². The number of benzene rings is 2. The van der Waals surface area contributed by atoms with Gasteiger partial charge in [-0.1, -0.05) is 37.3 Å². The first-order chi connectivity index (χ1) is 10.2. The summed E-state index contributed by atoms with van der Waals surface area (Å²) in [6.45, 7) is 4.63. The molecule has 2 rings (SSSR count). The van der Waals surface area contributed by atoms with E-state index < -0.39 is 0 Å². The van der Waals surface area contributed by atoms with Gasteiger partial charge >= 0.3 is 0 Å². The van der Waals surface area contributed by atoms with Crippen LogP contribution in [0.25, 0.3) is 0 Å². The average molecular weight is 287 g/mol. The minimum atomic E-state index is -0.119. The van der Waals surface area contributed by atoms with Crippen molar-refractivity contribution >= 4 is 0 Å². The van der Waals surface area contributed by atoms with E-state index >= 15 is 0 Å². The van der Waals surface area contributed by atoms with E-state index in [1.54, 1.807) is 20.1 Å². The normalized spacial score (nSPS) is 12.2. The Morgan fingerprint density at radius 2 is 1.95 bits per heavy atom. The number of rotatable bonds is 6. The highest BCUT2D eigenvalue weighted by Crippen LogP contribution is 2.24. The fourth-order valence-electron chi connectivity index (χ4n) is 2.51. The molecule has 0 fully saturated rings. The van der Waals surface area contributed by atoms with Crippen LogP contribution in [0, 0.1) is 12.7 Å². The van der Waals surface area contributed by atoms with Crippen molar-refractivity contribution < 1.29 is 9.13 Å². The lowest BCUT2D eigenvalue weighted by Gasteiger charge is -2.20. The molecule has 0 radical (unpaired) electrons. The molecule has 0 heterocycles. The number of aryl methyl sites for hydroxylation is 1. The predicted octanol–water partition coefficient (Wildman–Crippen LogP) is 4.04. The maximum atomic E-state index is 14.4. The second kappa shape index (κ2) is 7.23. The largest absolute Gasteiger partial charge is 0.497 e. The summed E-state index contributed by atoms with van der Waals surface area (Å²) in [7, 11) is 1.65. The van der Waals surface area contributed by atoms with Crippen molar-refractivity contribution in [1.82, 2.24) is 5.32 Å². The number of likely N-dealkylation sites (N-methyl/N-ethyl adjacent to an activating group) is 1. The maximum Gasteiger partial charge on any atom is 0.130 e. The topological polar surface area (TPSA) is 21.3 Å². The molecule has 3 heteroatoms. The third-order valence-corrected chi connectivity index (χ3v) is 3.62. The van der Waals surface area contributed by atoms with Gasteiger partial charge in [0.25, 0.3) is 0 Å². The second-order valence-electron chi connectivity index (χ2n) is 5.14. The number of methoxy groups -OCH3 is 1. The van der Waals surface area contributed by atoms with Crippen LogP contribution in [0.5, 0.6) is 5.75 Å². The first kappa shape index (κ1) is 15.5. The van der Waals surface area contributed by atoms with Crippen molar-refractivity contribution in [1.29, 1.82) is 0 Å². The van der Waals surface area contributed by atoms with Crippen LogP contribution in [0.3, 0.4) is 0 Å². The second-order valence-corrected chi connectivity index (χ2v) is 5.14.